The van der Waals surface area contributed by atoms with Gasteiger partial charge in [0.2, 0.25) is 0 Å². The maximum absolute atomic E-state index is 13.5. The minimum atomic E-state index is -0.486. The van der Waals surface area contributed by atoms with Gasteiger partial charge in [-0.3, -0.25) is 0 Å². The number of amides is 2. The Kier molecular flexibility index (Phi) is 4.09. The number of fused-ring (bicyclic) bond motifs is 1. The number of nitrogens with zero attached hydrogens (tertiary/aromatic N) is 1. The monoisotopic (exact) mass is 384 g/mol. The molecule has 29 heavy (non-hydrogen) atoms. The number of benzene rings is 3. The summed E-state index contributed by atoms with van der Waals surface area (Å²) in [5.41, 5.74) is 4.82. The quantitative estimate of drug-likeness (QED) is 0.482. The van der Waals surface area contributed by atoms with E-state index in [1.54, 1.807) is 12.1 Å². The van der Waals surface area contributed by atoms with Crippen LogP contribution in [0.5, 0.6) is 0 Å². The first-order valence-electron chi connectivity index (χ1n) is 9.27. The van der Waals surface area contributed by atoms with Crippen LogP contribution in [0.4, 0.5) is 9.18 Å². The fourth-order valence-corrected chi connectivity index (χ4v) is 3.64. The highest BCUT2D eigenvalue weighted by Gasteiger charge is 2.31. The number of rotatable bonds is 3. The molecule has 1 atom stereocenters. The molecular weight excluding hydrogens is 367 g/mol. The van der Waals surface area contributed by atoms with Crippen LogP contribution >= 0.6 is 0 Å². The van der Waals surface area contributed by atoms with Gasteiger partial charge in [-0.1, -0.05) is 54.6 Å². The lowest BCUT2D eigenvalue weighted by Gasteiger charge is -2.30. The lowest BCUT2D eigenvalue weighted by Crippen LogP contribution is -2.43. The summed E-state index contributed by atoms with van der Waals surface area (Å²) < 4.78 is 13.5. The predicted octanol–water partition coefficient (Wildman–Crippen LogP) is 4.62. The van der Waals surface area contributed by atoms with E-state index in [0.29, 0.717) is 11.5 Å². The summed E-state index contributed by atoms with van der Waals surface area (Å²) in [7, 11) is 0. The van der Waals surface area contributed by atoms with E-state index in [4.69, 9.17) is 4.98 Å². The number of hydrogen-bond donors (Lipinski definition) is 3. The number of halogens is 1. The molecule has 5 rings (SSSR count). The van der Waals surface area contributed by atoms with Crippen LogP contribution in [0.25, 0.3) is 22.3 Å². The number of aromatic amines is 1. The van der Waals surface area contributed by atoms with Gasteiger partial charge in [0.25, 0.3) is 0 Å². The molecule has 0 bridgehead atoms. The molecule has 0 aliphatic carbocycles. The van der Waals surface area contributed by atoms with Gasteiger partial charge >= 0.3 is 6.03 Å². The molecule has 2 amide bonds. The van der Waals surface area contributed by atoms with Crippen LogP contribution in [0.15, 0.2) is 78.9 Å². The minimum Gasteiger partial charge on any atom is -0.338 e. The Morgan fingerprint density at radius 1 is 0.862 bits per heavy atom. The van der Waals surface area contributed by atoms with Crippen LogP contribution in [0, 0.1) is 5.82 Å². The number of H-pyrrole nitrogens is 1. The molecule has 4 aromatic rings. The van der Waals surface area contributed by atoms with Gasteiger partial charge in [-0.2, -0.15) is 0 Å². The zero-order valence-electron chi connectivity index (χ0n) is 15.3. The topological polar surface area (TPSA) is 69.8 Å². The molecule has 1 aliphatic rings. The third kappa shape index (κ3) is 3.14. The number of para-hydroxylation sites is 2. The number of imidazole rings is 1. The number of urea groups is 1. The Labute approximate surface area is 166 Å². The van der Waals surface area contributed by atoms with E-state index in [2.05, 4.69) is 15.6 Å². The Morgan fingerprint density at radius 2 is 1.59 bits per heavy atom. The molecule has 5 nitrogen and oxygen atoms in total. The van der Waals surface area contributed by atoms with Crippen molar-refractivity contribution in [3.63, 3.8) is 0 Å². The van der Waals surface area contributed by atoms with Gasteiger partial charge in [-0.15, -0.1) is 0 Å². The molecule has 0 spiro atoms. The molecule has 0 radical (unpaired) electrons. The van der Waals surface area contributed by atoms with Crippen molar-refractivity contribution >= 4 is 28.3 Å². The molecule has 0 saturated carbocycles. The summed E-state index contributed by atoms with van der Waals surface area (Å²) in [6.07, 6.45) is 0. The van der Waals surface area contributed by atoms with Crippen LogP contribution in [0.2, 0.25) is 0 Å². The van der Waals surface area contributed by atoms with Crippen molar-refractivity contribution in [2.45, 2.75) is 6.04 Å². The minimum absolute atomic E-state index is 0.321. The standard InChI is InChI=1S/C23H17FN4O/c24-16-12-10-15(11-13-16)21-19(22-25-17-8-4-5-9-18(17)26-22)20(27-23(29)28-21)14-6-2-1-3-7-14/h1-13,21H,(H,25,26)(H2,27,28,29)/t21-/m1/s1. The van der Waals surface area contributed by atoms with Crippen LogP contribution in [-0.2, 0) is 0 Å². The third-order valence-electron chi connectivity index (χ3n) is 4.98. The molecule has 3 N–H and O–H groups in total. The summed E-state index contributed by atoms with van der Waals surface area (Å²) in [6, 6.07) is 22.7. The predicted molar refractivity (Wildman–Crippen MR) is 110 cm³/mol. The Bertz CT molecular complexity index is 1200. The van der Waals surface area contributed by atoms with E-state index in [1.165, 1.54) is 12.1 Å². The maximum Gasteiger partial charge on any atom is 0.320 e. The molecule has 142 valence electrons. The fraction of sp³-hybridized carbons (Fsp3) is 0.0435. The fourth-order valence-electron chi connectivity index (χ4n) is 3.64. The van der Waals surface area contributed by atoms with Crippen LogP contribution in [0.1, 0.15) is 23.0 Å². The zero-order chi connectivity index (χ0) is 19.8. The van der Waals surface area contributed by atoms with Crippen LogP contribution in [-0.4, -0.2) is 16.0 Å². The number of hydrogen-bond acceptors (Lipinski definition) is 2. The largest absolute Gasteiger partial charge is 0.338 e. The van der Waals surface area contributed by atoms with Crippen molar-refractivity contribution in [2.24, 2.45) is 0 Å². The number of carbonyl (C=O) groups is 1. The van der Waals surface area contributed by atoms with E-state index in [1.807, 2.05) is 54.6 Å². The second-order valence-corrected chi connectivity index (χ2v) is 6.84. The van der Waals surface area contributed by atoms with Gasteiger partial charge in [0, 0.05) is 5.57 Å². The van der Waals surface area contributed by atoms with E-state index in [-0.39, 0.29) is 11.8 Å². The lowest BCUT2D eigenvalue weighted by atomic mass is 9.92. The van der Waals surface area contributed by atoms with Crippen molar-refractivity contribution in [2.75, 3.05) is 0 Å². The van der Waals surface area contributed by atoms with Gasteiger partial charge in [0.1, 0.15) is 11.6 Å². The van der Waals surface area contributed by atoms with Gasteiger partial charge < -0.3 is 15.6 Å². The van der Waals surface area contributed by atoms with E-state index < -0.39 is 6.04 Å². The first kappa shape index (κ1) is 17.2. The van der Waals surface area contributed by atoms with Crippen LogP contribution in [0.3, 0.4) is 0 Å². The van der Waals surface area contributed by atoms with E-state index in [0.717, 1.165) is 27.7 Å². The molecule has 1 aliphatic heterocycles. The van der Waals surface area contributed by atoms with Crippen LogP contribution < -0.4 is 10.6 Å². The molecular formula is C23H17FN4O. The van der Waals surface area contributed by atoms with Crippen molar-refractivity contribution in [1.82, 2.24) is 20.6 Å². The average molecular weight is 384 g/mol. The normalized spacial score (nSPS) is 16.6. The van der Waals surface area contributed by atoms with Crippen molar-refractivity contribution in [1.29, 1.82) is 0 Å². The molecule has 0 saturated heterocycles. The van der Waals surface area contributed by atoms with Gasteiger partial charge in [0.15, 0.2) is 0 Å². The van der Waals surface area contributed by atoms with Gasteiger partial charge in [-0.05, 0) is 35.4 Å². The third-order valence-corrected chi connectivity index (χ3v) is 4.98. The molecule has 1 aromatic heterocycles. The van der Waals surface area contributed by atoms with E-state index in [9.17, 15) is 9.18 Å². The van der Waals surface area contributed by atoms with Gasteiger partial charge in [0.05, 0.1) is 22.8 Å². The summed E-state index contributed by atoms with van der Waals surface area (Å²) in [5, 5.41) is 5.89. The highest BCUT2D eigenvalue weighted by Crippen LogP contribution is 2.37. The second-order valence-electron chi connectivity index (χ2n) is 6.84. The van der Waals surface area contributed by atoms with Gasteiger partial charge in [-0.25, -0.2) is 14.2 Å². The Balaban J connectivity index is 1.76. The molecule has 0 fully saturated rings. The van der Waals surface area contributed by atoms with Crippen molar-refractivity contribution in [3.05, 3.63) is 102 Å². The lowest BCUT2D eigenvalue weighted by molar-refractivity contribution is 0.242. The second kappa shape index (κ2) is 6.91. The highest BCUT2D eigenvalue weighted by atomic mass is 19.1. The van der Waals surface area contributed by atoms with Crippen molar-refractivity contribution in [3.8, 4) is 0 Å². The zero-order valence-corrected chi connectivity index (χ0v) is 15.3. The summed E-state index contributed by atoms with van der Waals surface area (Å²) >= 11 is 0. The molecule has 2 heterocycles. The summed E-state index contributed by atoms with van der Waals surface area (Å²) in [4.78, 5) is 20.6. The molecule has 0 unspecified atom stereocenters. The maximum atomic E-state index is 13.5. The SMILES string of the molecule is O=C1NC(c2ccccc2)=C(c2nc3ccccc3[nH]2)[C@@H](c2ccc(F)cc2)N1. The number of nitrogens with one attached hydrogen (secondary N) is 3. The molecule has 6 heteroatoms. The van der Waals surface area contributed by atoms with Crippen molar-refractivity contribution < 1.29 is 9.18 Å². The number of carbonyl (C=O) groups excluding carboxylic acids is 1. The summed E-state index contributed by atoms with van der Waals surface area (Å²) in [6.45, 7) is 0. The number of aromatic nitrogens is 2. The molecule has 3 aromatic carbocycles. The average Bonchev–Trinajstić information content (AvgIpc) is 3.18. The van der Waals surface area contributed by atoms with E-state index >= 15 is 0 Å². The Morgan fingerprint density at radius 3 is 2.34 bits per heavy atom. The highest BCUT2D eigenvalue weighted by molar-refractivity contribution is 6.02. The first-order chi connectivity index (χ1) is 14.2. The first-order valence-corrected chi connectivity index (χ1v) is 9.27. The Hall–Kier alpha value is -3.93. The smallest absolute Gasteiger partial charge is 0.320 e. The summed E-state index contributed by atoms with van der Waals surface area (Å²) in [5.74, 6) is 0.318.